The molecule has 0 spiro atoms. The van der Waals surface area contributed by atoms with Crippen molar-refractivity contribution >= 4 is 17.6 Å². The van der Waals surface area contributed by atoms with E-state index in [-0.39, 0.29) is 6.04 Å². The largest absolute Gasteiger partial charge is 0.478 e. The molecule has 0 aliphatic carbocycles. The quantitative estimate of drug-likeness (QED) is 0.469. The molecule has 1 heterocycles. The van der Waals surface area contributed by atoms with Crippen LogP contribution in [0.1, 0.15) is 51.8 Å². The Hall–Kier alpha value is -2.56. The second kappa shape index (κ2) is 9.96. The summed E-state index contributed by atoms with van der Waals surface area (Å²) in [6.45, 7) is 7.09. The molecular weight excluding hydrogens is 396 g/mol. The van der Waals surface area contributed by atoms with Gasteiger partial charge >= 0.3 is 5.97 Å². The van der Waals surface area contributed by atoms with Gasteiger partial charge in [-0.05, 0) is 50.8 Å². The SMILES string of the molecule is Cc1c(CNC(C)CCc2ccccc2)c(C(=O)O)c(C)n1Cc1ccccc1Cl. The molecule has 3 rings (SSSR count). The minimum Gasteiger partial charge on any atom is -0.478 e. The average molecular weight is 425 g/mol. The van der Waals surface area contributed by atoms with E-state index in [1.807, 2.05) is 44.2 Å². The third-order valence-corrected chi connectivity index (χ3v) is 6.12. The lowest BCUT2D eigenvalue weighted by Crippen LogP contribution is -2.27. The molecule has 0 aliphatic rings. The van der Waals surface area contributed by atoms with Crippen LogP contribution in [0.3, 0.4) is 0 Å². The van der Waals surface area contributed by atoms with E-state index in [4.69, 9.17) is 11.6 Å². The van der Waals surface area contributed by atoms with Crippen molar-refractivity contribution in [1.29, 1.82) is 0 Å². The Bertz CT molecular complexity index is 1010. The monoisotopic (exact) mass is 424 g/mol. The molecule has 0 saturated heterocycles. The van der Waals surface area contributed by atoms with Crippen LogP contribution in [-0.2, 0) is 19.5 Å². The van der Waals surface area contributed by atoms with Crippen LogP contribution >= 0.6 is 11.6 Å². The summed E-state index contributed by atoms with van der Waals surface area (Å²) in [6, 6.07) is 18.4. The van der Waals surface area contributed by atoms with Crippen molar-refractivity contribution in [2.45, 2.75) is 52.7 Å². The highest BCUT2D eigenvalue weighted by Gasteiger charge is 2.23. The van der Waals surface area contributed by atoms with Crippen LogP contribution in [0.5, 0.6) is 0 Å². The van der Waals surface area contributed by atoms with Gasteiger partial charge in [0.1, 0.15) is 0 Å². The summed E-state index contributed by atoms with van der Waals surface area (Å²) in [5, 5.41) is 14.1. The number of aromatic nitrogens is 1. The van der Waals surface area contributed by atoms with Crippen LogP contribution in [0, 0.1) is 13.8 Å². The minimum absolute atomic E-state index is 0.276. The lowest BCUT2D eigenvalue weighted by Gasteiger charge is -2.15. The topological polar surface area (TPSA) is 54.3 Å². The van der Waals surface area contributed by atoms with Crippen molar-refractivity contribution in [3.05, 3.63) is 93.3 Å². The van der Waals surface area contributed by atoms with E-state index in [2.05, 4.69) is 41.1 Å². The average Bonchev–Trinajstić information content (AvgIpc) is 2.97. The Balaban J connectivity index is 1.75. The zero-order valence-electron chi connectivity index (χ0n) is 17.8. The fourth-order valence-corrected chi connectivity index (χ4v) is 4.08. The highest BCUT2D eigenvalue weighted by molar-refractivity contribution is 6.31. The smallest absolute Gasteiger partial charge is 0.337 e. The van der Waals surface area contributed by atoms with Gasteiger partial charge in [-0.3, -0.25) is 0 Å². The highest BCUT2D eigenvalue weighted by Crippen LogP contribution is 2.26. The number of hydrogen-bond donors (Lipinski definition) is 2. The number of hydrogen-bond acceptors (Lipinski definition) is 2. The van der Waals surface area contributed by atoms with E-state index in [0.29, 0.717) is 23.7 Å². The molecule has 2 aromatic carbocycles. The maximum atomic E-state index is 12.0. The van der Waals surface area contributed by atoms with Gasteiger partial charge in [0.05, 0.1) is 5.56 Å². The lowest BCUT2D eigenvalue weighted by molar-refractivity contribution is 0.0694. The molecule has 158 valence electrons. The van der Waals surface area contributed by atoms with E-state index < -0.39 is 5.97 Å². The second-order valence-electron chi connectivity index (χ2n) is 7.81. The molecule has 4 nitrogen and oxygen atoms in total. The molecule has 1 unspecified atom stereocenters. The number of rotatable bonds is 9. The Morgan fingerprint density at radius 2 is 1.73 bits per heavy atom. The third kappa shape index (κ3) is 5.13. The van der Waals surface area contributed by atoms with Crippen LogP contribution in [0.25, 0.3) is 0 Å². The first-order valence-corrected chi connectivity index (χ1v) is 10.7. The van der Waals surface area contributed by atoms with Crippen LogP contribution in [0.15, 0.2) is 54.6 Å². The van der Waals surface area contributed by atoms with Crippen molar-refractivity contribution in [2.75, 3.05) is 0 Å². The predicted octanol–water partition coefficient (Wildman–Crippen LogP) is 5.62. The van der Waals surface area contributed by atoms with Gasteiger partial charge in [0, 0.05) is 41.1 Å². The molecule has 1 atom stereocenters. The van der Waals surface area contributed by atoms with E-state index in [1.165, 1.54) is 5.56 Å². The summed E-state index contributed by atoms with van der Waals surface area (Å²) in [5.41, 5.74) is 5.26. The molecule has 0 amide bonds. The van der Waals surface area contributed by atoms with Gasteiger partial charge in [-0.25, -0.2) is 4.79 Å². The number of carboxylic acids is 1. The Morgan fingerprint density at radius 1 is 1.07 bits per heavy atom. The van der Waals surface area contributed by atoms with Gasteiger partial charge in [-0.1, -0.05) is 60.1 Å². The van der Waals surface area contributed by atoms with Crippen LogP contribution in [-0.4, -0.2) is 21.7 Å². The second-order valence-corrected chi connectivity index (χ2v) is 8.22. The molecule has 0 fully saturated rings. The van der Waals surface area contributed by atoms with E-state index in [1.54, 1.807) is 0 Å². The molecule has 0 aliphatic heterocycles. The summed E-state index contributed by atoms with van der Waals surface area (Å²) < 4.78 is 2.05. The zero-order valence-corrected chi connectivity index (χ0v) is 18.5. The van der Waals surface area contributed by atoms with Crippen molar-refractivity contribution in [3.63, 3.8) is 0 Å². The van der Waals surface area contributed by atoms with Crippen molar-refractivity contribution < 1.29 is 9.90 Å². The molecular formula is C25H29ClN2O2. The molecule has 5 heteroatoms. The first-order valence-electron chi connectivity index (χ1n) is 10.3. The maximum Gasteiger partial charge on any atom is 0.337 e. The Kier molecular flexibility index (Phi) is 7.35. The van der Waals surface area contributed by atoms with Crippen LogP contribution in [0.4, 0.5) is 0 Å². The molecule has 3 aromatic rings. The van der Waals surface area contributed by atoms with Gasteiger partial charge in [0.15, 0.2) is 0 Å². The lowest BCUT2D eigenvalue weighted by atomic mass is 10.1. The fraction of sp³-hybridized carbons (Fsp3) is 0.320. The number of nitrogens with zero attached hydrogens (tertiary/aromatic N) is 1. The number of nitrogens with one attached hydrogen (secondary N) is 1. The number of halogens is 1. The van der Waals surface area contributed by atoms with Gasteiger partial charge in [0.25, 0.3) is 0 Å². The van der Waals surface area contributed by atoms with Gasteiger partial charge in [0.2, 0.25) is 0 Å². The first kappa shape index (κ1) is 22.1. The van der Waals surface area contributed by atoms with Gasteiger partial charge < -0.3 is 15.0 Å². The maximum absolute atomic E-state index is 12.0. The van der Waals surface area contributed by atoms with E-state index in [9.17, 15) is 9.90 Å². The highest BCUT2D eigenvalue weighted by atomic mass is 35.5. The fourth-order valence-electron chi connectivity index (χ4n) is 3.89. The Labute approximate surface area is 183 Å². The number of benzene rings is 2. The van der Waals surface area contributed by atoms with Gasteiger partial charge in [-0.15, -0.1) is 0 Å². The number of carboxylic acid groups (broad SMARTS) is 1. The van der Waals surface area contributed by atoms with E-state index >= 15 is 0 Å². The summed E-state index contributed by atoms with van der Waals surface area (Å²) in [4.78, 5) is 12.0. The summed E-state index contributed by atoms with van der Waals surface area (Å²) >= 11 is 6.33. The van der Waals surface area contributed by atoms with Crippen molar-refractivity contribution in [3.8, 4) is 0 Å². The summed E-state index contributed by atoms with van der Waals surface area (Å²) in [5.74, 6) is -0.887. The molecule has 2 N–H and O–H groups in total. The molecule has 0 radical (unpaired) electrons. The number of aromatic carboxylic acids is 1. The van der Waals surface area contributed by atoms with Crippen LogP contribution < -0.4 is 5.32 Å². The molecule has 1 aromatic heterocycles. The summed E-state index contributed by atoms with van der Waals surface area (Å²) in [6.07, 6.45) is 1.98. The number of carbonyl (C=O) groups is 1. The van der Waals surface area contributed by atoms with Crippen molar-refractivity contribution in [1.82, 2.24) is 9.88 Å². The minimum atomic E-state index is -0.887. The molecule has 0 saturated carbocycles. The van der Waals surface area contributed by atoms with Crippen molar-refractivity contribution in [2.24, 2.45) is 0 Å². The molecule has 30 heavy (non-hydrogen) atoms. The predicted molar refractivity (Wildman–Crippen MR) is 122 cm³/mol. The zero-order chi connectivity index (χ0) is 21.7. The Morgan fingerprint density at radius 3 is 2.40 bits per heavy atom. The first-order chi connectivity index (χ1) is 14.4. The standard InChI is InChI=1S/C25H29ClN2O2/c1-17(13-14-20-9-5-4-6-10-20)27-15-22-18(2)28(19(3)24(22)25(29)30)16-21-11-7-8-12-23(21)26/h4-12,17,27H,13-16H2,1-3H3,(H,29,30). The van der Waals surface area contributed by atoms with E-state index in [0.717, 1.165) is 35.4 Å². The van der Waals surface area contributed by atoms with Crippen LogP contribution in [0.2, 0.25) is 5.02 Å². The molecule has 0 bridgehead atoms. The normalized spacial score (nSPS) is 12.1. The number of aryl methyl sites for hydroxylation is 1. The third-order valence-electron chi connectivity index (χ3n) is 5.75. The summed E-state index contributed by atoms with van der Waals surface area (Å²) in [7, 11) is 0. The van der Waals surface area contributed by atoms with Gasteiger partial charge in [-0.2, -0.15) is 0 Å².